The van der Waals surface area contributed by atoms with E-state index < -0.39 is 0 Å². The van der Waals surface area contributed by atoms with Gasteiger partial charge in [0, 0.05) is 29.5 Å². The van der Waals surface area contributed by atoms with Gasteiger partial charge in [0.2, 0.25) is 0 Å². The second-order valence-electron chi connectivity index (χ2n) is 5.17. The number of nitrogens with zero attached hydrogens (tertiary/aromatic N) is 2. The van der Waals surface area contributed by atoms with Gasteiger partial charge in [-0.1, -0.05) is 24.3 Å². The van der Waals surface area contributed by atoms with E-state index in [1.807, 2.05) is 59.6 Å². The van der Waals surface area contributed by atoms with E-state index in [4.69, 9.17) is 0 Å². The van der Waals surface area contributed by atoms with Crippen molar-refractivity contribution in [3.05, 3.63) is 70.7 Å². The molecule has 2 heterocycles. The molecule has 0 aliphatic heterocycles. The van der Waals surface area contributed by atoms with Crippen LogP contribution in [0.2, 0.25) is 0 Å². The molecule has 2 aromatic heterocycles. The van der Waals surface area contributed by atoms with E-state index in [9.17, 15) is 4.79 Å². The molecule has 1 unspecified atom stereocenters. The van der Waals surface area contributed by atoms with Crippen LogP contribution in [-0.4, -0.2) is 22.4 Å². The van der Waals surface area contributed by atoms with Crippen molar-refractivity contribution in [1.82, 2.24) is 15.1 Å². The fourth-order valence-corrected chi connectivity index (χ4v) is 3.16. The SMILES string of the molecule is Cc1ccccc1NC(=O)NCC(c1cccs1)n1cccn1. The summed E-state index contributed by atoms with van der Waals surface area (Å²) in [4.78, 5) is 13.3. The Bertz CT molecular complexity index is 719. The third kappa shape index (κ3) is 3.78. The smallest absolute Gasteiger partial charge is 0.319 e. The van der Waals surface area contributed by atoms with Gasteiger partial charge in [0.1, 0.15) is 6.04 Å². The molecule has 3 aromatic rings. The number of hydrogen-bond acceptors (Lipinski definition) is 3. The Hall–Kier alpha value is -2.60. The molecule has 2 N–H and O–H groups in total. The van der Waals surface area contributed by atoms with Crippen LogP contribution >= 0.6 is 11.3 Å². The highest BCUT2D eigenvalue weighted by Gasteiger charge is 2.16. The first-order valence-electron chi connectivity index (χ1n) is 7.37. The van der Waals surface area contributed by atoms with Gasteiger partial charge in [-0.05, 0) is 36.1 Å². The number of carbonyl (C=O) groups excluding carboxylic acids is 1. The first-order valence-corrected chi connectivity index (χ1v) is 8.25. The number of urea groups is 1. The van der Waals surface area contributed by atoms with Gasteiger partial charge in [0.05, 0.1) is 0 Å². The lowest BCUT2D eigenvalue weighted by Gasteiger charge is -2.17. The van der Waals surface area contributed by atoms with E-state index >= 15 is 0 Å². The molecule has 0 bridgehead atoms. The second kappa shape index (κ2) is 7.11. The van der Waals surface area contributed by atoms with Crippen molar-refractivity contribution in [3.63, 3.8) is 0 Å². The summed E-state index contributed by atoms with van der Waals surface area (Å²) >= 11 is 1.65. The van der Waals surface area contributed by atoms with Crippen LogP contribution in [0.3, 0.4) is 0 Å². The van der Waals surface area contributed by atoms with Gasteiger partial charge in [0.15, 0.2) is 0 Å². The summed E-state index contributed by atoms with van der Waals surface area (Å²) in [6.45, 7) is 2.44. The molecule has 0 radical (unpaired) electrons. The van der Waals surface area contributed by atoms with Gasteiger partial charge >= 0.3 is 6.03 Å². The Kier molecular flexibility index (Phi) is 4.73. The van der Waals surface area contributed by atoms with Crippen LogP contribution in [-0.2, 0) is 0 Å². The Morgan fingerprint density at radius 1 is 1.26 bits per heavy atom. The fraction of sp³-hybridized carbons (Fsp3) is 0.176. The number of carbonyl (C=O) groups is 1. The standard InChI is InChI=1S/C17H18N4OS/c1-13-6-2-3-7-14(13)20-17(22)18-12-15(16-8-4-11-23-16)21-10-5-9-19-21/h2-11,15H,12H2,1H3,(H2,18,20,22). The van der Waals surface area contributed by atoms with E-state index in [2.05, 4.69) is 21.8 Å². The van der Waals surface area contributed by atoms with Crippen LogP contribution in [0.1, 0.15) is 16.5 Å². The molecule has 0 saturated heterocycles. The number of benzene rings is 1. The minimum atomic E-state index is -0.215. The number of amides is 2. The Balaban J connectivity index is 1.65. The van der Waals surface area contributed by atoms with Gasteiger partial charge < -0.3 is 10.6 Å². The molecule has 0 aliphatic carbocycles. The highest BCUT2D eigenvalue weighted by molar-refractivity contribution is 7.10. The zero-order valence-corrected chi connectivity index (χ0v) is 13.6. The van der Waals surface area contributed by atoms with Crippen LogP contribution in [0.4, 0.5) is 10.5 Å². The normalized spacial score (nSPS) is 11.9. The number of nitrogens with one attached hydrogen (secondary N) is 2. The molecule has 1 atom stereocenters. The quantitative estimate of drug-likeness (QED) is 0.751. The molecule has 3 rings (SSSR count). The first-order chi connectivity index (χ1) is 11.2. The average molecular weight is 326 g/mol. The minimum Gasteiger partial charge on any atom is -0.335 e. The van der Waals surface area contributed by atoms with Crippen LogP contribution < -0.4 is 10.6 Å². The summed E-state index contributed by atoms with van der Waals surface area (Å²) in [5.41, 5.74) is 1.85. The second-order valence-corrected chi connectivity index (χ2v) is 6.15. The van der Waals surface area contributed by atoms with Crippen molar-refractivity contribution in [2.75, 3.05) is 11.9 Å². The third-order valence-corrected chi connectivity index (χ3v) is 4.54. The maximum atomic E-state index is 12.2. The van der Waals surface area contributed by atoms with Crippen LogP contribution in [0.25, 0.3) is 0 Å². The van der Waals surface area contributed by atoms with E-state index in [1.165, 1.54) is 0 Å². The van der Waals surface area contributed by atoms with E-state index in [0.717, 1.165) is 16.1 Å². The molecule has 0 aliphatic rings. The van der Waals surface area contributed by atoms with Crippen molar-refractivity contribution >= 4 is 23.1 Å². The van der Waals surface area contributed by atoms with Crippen molar-refractivity contribution < 1.29 is 4.79 Å². The zero-order valence-electron chi connectivity index (χ0n) is 12.8. The van der Waals surface area contributed by atoms with Gasteiger partial charge in [-0.15, -0.1) is 11.3 Å². The number of thiophene rings is 1. The predicted octanol–water partition coefficient (Wildman–Crippen LogP) is 3.66. The fourth-order valence-electron chi connectivity index (χ4n) is 2.34. The highest BCUT2D eigenvalue weighted by Crippen LogP contribution is 2.22. The Labute approximate surface area is 139 Å². The van der Waals surface area contributed by atoms with Gasteiger partial charge in [-0.2, -0.15) is 5.10 Å². The van der Waals surface area contributed by atoms with Gasteiger partial charge in [0.25, 0.3) is 0 Å². The molecule has 0 saturated carbocycles. The molecular formula is C17H18N4OS. The molecule has 5 nitrogen and oxygen atoms in total. The van der Waals surface area contributed by atoms with Crippen LogP contribution in [0, 0.1) is 6.92 Å². The molecule has 118 valence electrons. The topological polar surface area (TPSA) is 59.0 Å². The first kappa shape index (κ1) is 15.3. The Morgan fingerprint density at radius 2 is 2.13 bits per heavy atom. The van der Waals surface area contributed by atoms with E-state index in [1.54, 1.807) is 17.5 Å². The monoisotopic (exact) mass is 326 g/mol. The maximum Gasteiger partial charge on any atom is 0.319 e. The summed E-state index contributed by atoms with van der Waals surface area (Å²) in [6.07, 6.45) is 3.65. The van der Waals surface area contributed by atoms with Crippen molar-refractivity contribution in [2.24, 2.45) is 0 Å². The molecule has 0 spiro atoms. The number of rotatable bonds is 5. The average Bonchev–Trinajstić information content (AvgIpc) is 3.23. The van der Waals surface area contributed by atoms with Crippen LogP contribution in [0.15, 0.2) is 60.2 Å². The van der Waals surface area contributed by atoms with Crippen molar-refractivity contribution in [3.8, 4) is 0 Å². The largest absolute Gasteiger partial charge is 0.335 e. The number of anilines is 1. The van der Waals surface area contributed by atoms with Gasteiger partial charge in [-0.25, -0.2) is 4.79 Å². The Morgan fingerprint density at radius 3 is 2.83 bits per heavy atom. The number of aryl methyl sites for hydroxylation is 1. The summed E-state index contributed by atoms with van der Waals surface area (Å²) in [5.74, 6) is 0. The van der Waals surface area contributed by atoms with Crippen LogP contribution in [0.5, 0.6) is 0 Å². The lowest BCUT2D eigenvalue weighted by Crippen LogP contribution is -2.34. The minimum absolute atomic E-state index is 0.00683. The lowest BCUT2D eigenvalue weighted by molar-refractivity contribution is 0.250. The molecule has 6 heteroatoms. The van der Waals surface area contributed by atoms with E-state index in [-0.39, 0.29) is 12.1 Å². The summed E-state index contributed by atoms with van der Waals surface area (Å²) < 4.78 is 1.86. The molecule has 1 aromatic carbocycles. The van der Waals surface area contributed by atoms with E-state index in [0.29, 0.717) is 6.54 Å². The third-order valence-electron chi connectivity index (χ3n) is 3.57. The predicted molar refractivity (Wildman–Crippen MR) is 92.9 cm³/mol. The summed E-state index contributed by atoms with van der Waals surface area (Å²) in [5, 5.41) is 12.1. The molecule has 23 heavy (non-hydrogen) atoms. The molecular weight excluding hydrogens is 308 g/mol. The molecule has 0 fully saturated rings. The summed E-state index contributed by atoms with van der Waals surface area (Å²) in [6, 6.07) is 13.4. The summed E-state index contributed by atoms with van der Waals surface area (Å²) in [7, 11) is 0. The number of aromatic nitrogens is 2. The molecule has 2 amide bonds. The van der Waals surface area contributed by atoms with Gasteiger partial charge in [-0.3, -0.25) is 4.68 Å². The zero-order chi connectivity index (χ0) is 16.1. The lowest BCUT2D eigenvalue weighted by atomic mass is 10.2. The number of para-hydroxylation sites is 1. The van der Waals surface area contributed by atoms with Crippen molar-refractivity contribution in [2.45, 2.75) is 13.0 Å². The number of hydrogen-bond donors (Lipinski definition) is 2. The maximum absolute atomic E-state index is 12.2. The van der Waals surface area contributed by atoms with Crippen molar-refractivity contribution in [1.29, 1.82) is 0 Å². The highest BCUT2D eigenvalue weighted by atomic mass is 32.1.